The number of nitrogens with one attached hydrogen (secondary N) is 1. The molecule has 3 rings (SSSR count). The summed E-state index contributed by atoms with van der Waals surface area (Å²) in [6, 6.07) is 10.5. The molecule has 0 amide bonds. The van der Waals surface area contributed by atoms with Crippen LogP contribution in [0.25, 0.3) is 5.82 Å². The molecule has 29 heavy (non-hydrogen) atoms. The van der Waals surface area contributed by atoms with Crippen LogP contribution in [0.3, 0.4) is 0 Å². The summed E-state index contributed by atoms with van der Waals surface area (Å²) in [6.07, 6.45) is -2.63. The highest BCUT2D eigenvalue weighted by molar-refractivity contribution is 6.32. The third-order valence-corrected chi connectivity index (χ3v) is 4.46. The number of halogens is 4. The van der Waals surface area contributed by atoms with Gasteiger partial charge in [0.1, 0.15) is 5.02 Å². The van der Waals surface area contributed by atoms with E-state index in [1.54, 1.807) is 18.2 Å². The minimum atomic E-state index is -4.53. The summed E-state index contributed by atoms with van der Waals surface area (Å²) in [5.74, 6) is -0.0915. The van der Waals surface area contributed by atoms with Crippen LogP contribution in [-0.4, -0.2) is 14.8 Å². The molecule has 1 unspecified atom stereocenters. The molecule has 1 N–H and O–H groups in total. The number of rotatable bonds is 4. The van der Waals surface area contributed by atoms with Crippen molar-refractivity contribution in [3.63, 3.8) is 0 Å². The zero-order valence-corrected chi connectivity index (χ0v) is 15.7. The van der Waals surface area contributed by atoms with Crippen molar-refractivity contribution in [1.82, 2.24) is 14.8 Å². The summed E-state index contributed by atoms with van der Waals surface area (Å²) < 4.78 is 38.8. The Hall–Kier alpha value is -3.38. The molecule has 10 heteroatoms. The molecular formula is C19H13ClF3N5O. The molecule has 2 aromatic heterocycles. The molecule has 0 bridgehead atoms. The molecule has 1 aromatic carbocycles. The Morgan fingerprint density at radius 3 is 2.62 bits per heavy atom. The summed E-state index contributed by atoms with van der Waals surface area (Å²) in [7, 11) is 0. The first-order valence-electron chi connectivity index (χ1n) is 8.28. The molecule has 0 spiro atoms. The minimum absolute atomic E-state index is 0.0915. The Kier molecular flexibility index (Phi) is 5.57. The second-order valence-corrected chi connectivity index (χ2v) is 6.47. The lowest BCUT2D eigenvalue weighted by molar-refractivity contribution is -0.137. The van der Waals surface area contributed by atoms with Gasteiger partial charge >= 0.3 is 6.18 Å². The molecule has 0 saturated heterocycles. The van der Waals surface area contributed by atoms with E-state index in [0.717, 1.165) is 22.4 Å². The second-order valence-electron chi connectivity index (χ2n) is 6.10. The number of aromatic nitrogens is 3. The fraction of sp³-hybridized carbons (Fsp3) is 0.158. The maximum Gasteiger partial charge on any atom is 0.417 e. The van der Waals surface area contributed by atoms with Gasteiger partial charge in [-0.15, -0.1) is 0 Å². The second kappa shape index (κ2) is 7.93. The van der Waals surface area contributed by atoms with Crippen molar-refractivity contribution >= 4 is 17.3 Å². The maximum atomic E-state index is 12.7. The molecule has 3 aromatic rings. The first-order valence-corrected chi connectivity index (χ1v) is 8.66. The Balaban J connectivity index is 1.88. The highest BCUT2D eigenvalue weighted by Gasteiger charge is 2.30. The van der Waals surface area contributed by atoms with Crippen LogP contribution in [0.5, 0.6) is 0 Å². The Labute approximate surface area is 168 Å². The lowest BCUT2D eigenvalue weighted by atomic mass is 10.1. The van der Waals surface area contributed by atoms with Gasteiger partial charge in [0.25, 0.3) is 5.56 Å². The van der Waals surface area contributed by atoms with Crippen LogP contribution in [0, 0.1) is 11.3 Å². The molecule has 0 aliphatic heterocycles. The number of alkyl halides is 3. The van der Waals surface area contributed by atoms with Crippen molar-refractivity contribution in [2.45, 2.75) is 19.1 Å². The molecule has 0 aliphatic carbocycles. The van der Waals surface area contributed by atoms with Gasteiger partial charge in [0, 0.05) is 12.2 Å². The molecule has 148 valence electrons. The quantitative estimate of drug-likeness (QED) is 0.680. The van der Waals surface area contributed by atoms with Gasteiger partial charge in [0.2, 0.25) is 0 Å². The fourth-order valence-corrected chi connectivity index (χ4v) is 2.75. The van der Waals surface area contributed by atoms with Crippen LogP contribution in [0.1, 0.15) is 29.7 Å². The van der Waals surface area contributed by atoms with E-state index in [9.17, 15) is 18.0 Å². The average Bonchev–Trinajstić information content (AvgIpc) is 2.71. The number of pyridine rings is 1. The number of anilines is 1. The lowest BCUT2D eigenvalue weighted by Gasteiger charge is -2.17. The number of hydrogen-bond donors (Lipinski definition) is 1. The Morgan fingerprint density at radius 2 is 2.00 bits per heavy atom. The number of benzene rings is 1. The average molecular weight is 420 g/mol. The summed E-state index contributed by atoms with van der Waals surface area (Å²) in [5, 5.41) is 15.8. The van der Waals surface area contributed by atoms with Crippen LogP contribution >= 0.6 is 11.6 Å². The van der Waals surface area contributed by atoms with Gasteiger partial charge in [0.05, 0.1) is 29.1 Å². The molecular weight excluding hydrogens is 407 g/mol. The summed E-state index contributed by atoms with van der Waals surface area (Å²) in [6.45, 7) is 1.82. The number of hydrogen-bond acceptors (Lipinski definition) is 5. The predicted molar refractivity (Wildman–Crippen MR) is 101 cm³/mol. The standard InChI is InChI=1S/C19H13ClF3N5O/c1-11(13-4-2-3-12(7-13)8-24)27-15-10-26-28(18(29)17(15)20)16-6-5-14(9-25-16)19(21,22)23/h2-7,9-11,27H,1H3. The van der Waals surface area contributed by atoms with E-state index in [-0.39, 0.29) is 22.6 Å². The van der Waals surface area contributed by atoms with Crippen LogP contribution in [0.2, 0.25) is 5.02 Å². The minimum Gasteiger partial charge on any atom is -0.376 e. The summed E-state index contributed by atoms with van der Waals surface area (Å²) in [5.41, 5.74) is -0.137. The van der Waals surface area contributed by atoms with Gasteiger partial charge in [-0.3, -0.25) is 4.79 Å². The van der Waals surface area contributed by atoms with Gasteiger partial charge in [-0.1, -0.05) is 23.7 Å². The highest BCUT2D eigenvalue weighted by Crippen LogP contribution is 2.29. The van der Waals surface area contributed by atoms with E-state index in [4.69, 9.17) is 16.9 Å². The van der Waals surface area contributed by atoms with Crippen molar-refractivity contribution in [1.29, 1.82) is 5.26 Å². The Bertz CT molecular complexity index is 1140. The van der Waals surface area contributed by atoms with Crippen LogP contribution in [0.4, 0.5) is 18.9 Å². The van der Waals surface area contributed by atoms with Crippen molar-refractivity contribution in [2.75, 3.05) is 5.32 Å². The van der Waals surface area contributed by atoms with Gasteiger partial charge in [0.15, 0.2) is 5.82 Å². The predicted octanol–water partition coefficient (Wildman–Crippen LogP) is 4.34. The van der Waals surface area contributed by atoms with Crippen molar-refractivity contribution in [3.8, 4) is 11.9 Å². The van der Waals surface area contributed by atoms with E-state index >= 15 is 0 Å². The lowest BCUT2D eigenvalue weighted by Crippen LogP contribution is -2.24. The van der Waals surface area contributed by atoms with E-state index < -0.39 is 17.3 Å². The third kappa shape index (κ3) is 4.38. The number of nitriles is 1. The zero-order valence-electron chi connectivity index (χ0n) is 14.9. The van der Waals surface area contributed by atoms with E-state index in [1.165, 1.54) is 6.20 Å². The fourth-order valence-electron chi connectivity index (χ4n) is 2.57. The smallest absolute Gasteiger partial charge is 0.376 e. The van der Waals surface area contributed by atoms with E-state index in [2.05, 4.69) is 15.4 Å². The Morgan fingerprint density at radius 1 is 1.24 bits per heavy atom. The highest BCUT2D eigenvalue weighted by atomic mass is 35.5. The largest absolute Gasteiger partial charge is 0.417 e. The van der Waals surface area contributed by atoms with Crippen molar-refractivity contribution in [3.05, 3.63) is 80.9 Å². The molecule has 0 aliphatic rings. The normalized spacial score (nSPS) is 12.3. The summed E-state index contributed by atoms with van der Waals surface area (Å²) in [4.78, 5) is 16.2. The molecule has 0 saturated carbocycles. The maximum absolute atomic E-state index is 12.7. The van der Waals surface area contributed by atoms with Crippen LogP contribution in [-0.2, 0) is 6.18 Å². The van der Waals surface area contributed by atoms with Crippen molar-refractivity contribution in [2.24, 2.45) is 0 Å². The van der Waals surface area contributed by atoms with Gasteiger partial charge in [-0.25, -0.2) is 4.98 Å². The van der Waals surface area contributed by atoms with Gasteiger partial charge in [-0.2, -0.15) is 28.2 Å². The van der Waals surface area contributed by atoms with Crippen molar-refractivity contribution < 1.29 is 13.2 Å². The van der Waals surface area contributed by atoms with Gasteiger partial charge < -0.3 is 5.32 Å². The van der Waals surface area contributed by atoms with Crippen LogP contribution in [0.15, 0.2) is 53.6 Å². The SMILES string of the molecule is CC(Nc1cnn(-c2ccc(C(F)(F)F)cn2)c(=O)c1Cl)c1cccc(C#N)c1. The molecule has 0 radical (unpaired) electrons. The van der Waals surface area contributed by atoms with Crippen LogP contribution < -0.4 is 10.9 Å². The number of nitrogens with zero attached hydrogens (tertiary/aromatic N) is 4. The summed E-state index contributed by atoms with van der Waals surface area (Å²) >= 11 is 6.15. The van der Waals surface area contributed by atoms with E-state index in [1.807, 2.05) is 19.1 Å². The molecule has 1 atom stereocenters. The molecule has 2 heterocycles. The third-order valence-electron chi connectivity index (χ3n) is 4.10. The first-order chi connectivity index (χ1) is 13.7. The topological polar surface area (TPSA) is 83.6 Å². The molecule has 6 nitrogen and oxygen atoms in total. The zero-order chi connectivity index (χ0) is 21.2. The molecule has 0 fully saturated rings. The van der Waals surface area contributed by atoms with E-state index in [0.29, 0.717) is 11.8 Å². The van der Waals surface area contributed by atoms with Gasteiger partial charge in [-0.05, 0) is 36.8 Å². The first kappa shape index (κ1) is 20.4. The monoisotopic (exact) mass is 419 g/mol.